The number of aromatic nitrogens is 2. The molecule has 0 bridgehead atoms. The van der Waals surface area contributed by atoms with E-state index in [2.05, 4.69) is 4.98 Å². The third kappa shape index (κ3) is 5.18. The number of halogens is 1. The SMILES string of the molecule is CCOCCCn1c(SC(C(N)=O)c2ccccc2)nc2cc(Cl)ccc2c1=O. The summed E-state index contributed by atoms with van der Waals surface area (Å²) in [5, 5.41) is 0.723. The van der Waals surface area contributed by atoms with Crippen molar-refractivity contribution in [2.75, 3.05) is 13.2 Å². The molecule has 8 heteroatoms. The number of nitrogens with zero attached hydrogens (tertiary/aromatic N) is 2. The molecule has 152 valence electrons. The van der Waals surface area contributed by atoms with Crippen molar-refractivity contribution in [2.24, 2.45) is 5.73 Å². The Bertz CT molecular complexity index is 1060. The molecule has 0 aliphatic carbocycles. The second-order valence-corrected chi connectivity index (χ2v) is 7.88. The first-order valence-electron chi connectivity index (χ1n) is 9.30. The van der Waals surface area contributed by atoms with Crippen molar-refractivity contribution < 1.29 is 9.53 Å². The van der Waals surface area contributed by atoms with Crippen LogP contribution in [0.1, 0.15) is 24.2 Å². The zero-order valence-electron chi connectivity index (χ0n) is 16.0. The van der Waals surface area contributed by atoms with Crippen molar-refractivity contribution in [2.45, 2.75) is 30.3 Å². The van der Waals surface area contributed by atoms with Crippen LogP contribution in [0.3, 0.4) is 0 Å². The molecule has 2 N–H and O–H groups in total. The Balaban J connectivity index is 2.05. The van der Waals surface area contributed by atoms with E-state index in [9.17, 15) is 9.59 Å². The first kappa shape index (κ1) is 21.4. The van der Waals surface area contributed by atoms with E-state index in [4.69, 9.17) is 22.1 Å². The van der Waals surface area contributed by atoms with Crippen LogP contribution in [0.15, 0.2) is 58.5 Å². The highest BCUT2D eigenvalue weighted by Crippen LogP contribution is 2.34. The minimum absolute atomic E-state index is 0.179. The van der Waals surface area contributed by atoms with Crippen LogP contribution in [0.4, 0.5) is 0 Å². The number of hydrogen-bond acceptors (Lipinski definition) is 5. The van der Waals surface area contributed by atoms with E-state index in [1.807, 2.05) is 37.3 Å². The largest absolute Gasteiger partial charge is 0.382 e. The molecule has 0 fully saturated rings. The summed E-state index contributed by atoms with van der Waals surface area (Å²) in [6.07, 6.45) is 0.647. The van der Waals surface area contributed by atoms with Gasteiger partial charge in [-0.15, -0.1) is 0 Å². The first-order chi connectivity index (χ1) is 14.0. The Hall–Kier alpha value is -2.35. The minimum atomic E-state index is -0.669. The second-order valence-electron chi connectivity index (χ2n) is 6.37. The van der Waals surface area contributed by atoms with E-state index < -0.39 is 11.2 Å². The van der Waals surface area contributed by atoms with Gasteiger partial charge in [0.05, 0.1) is 10.9 Å². The molecule has 3 aromatic rings. The predicted molar refractivity (Wildman–Crippen MR) is 116 cm³/mol. The van der Waals surface area contributed by atoms with Gasteiger partial charge in [-0.1, -0.05) is 53.7 Å². The van der Waals surface area contributed by atoms with E-state index in [-0.39, 0.29) is 5.56 Å². The fourth-order valence-electron chi connectivity index (χ4n) is 2.95. The molecular formula is C21H22ClN3O3S. The molecule has 1 heterocycles. The molecule has 0 radical (unpaired) electrons. The predicted octanol–water partition coefficient (Wildman–Crippen LogP) is 3.80. The molecule has 0 aliphatic heterocycles. The van der Waals surface area contributed by atoms with Crippen LogP contribution in [0.2, 0.25) is 5.02 Å². The lowest BCUT2D eigenvalue weighted by atomic mass is 10.1. The van der Waals surface area contributed by atoms with Crippen molar-refractivity contribution in [3.63, 3.8) is 0 Å². The molecule has 1 aromatic heterocycles. The first-order valence-corrected chi connectivity index (χ1v) is 10.6. The van der Waals surface area contributed by atoms with Crippen molar-refractivity contribution in [1.82, 2.24) is 9.55 Å². The van der Waals surface area contributed by atoms with Gasteiger partial charge in [0.2, 0.25) is 5.91 Å². The molecule has 1 unspecified atom stereocenters. The number of fused-ring (bicyclic) bond motifs is 1. The molecule has 3 rings (SSSR count). The molecule has 1 atom stereocenters. The number of carbonyl (C=O) groups excluding carboxylic acids is 1. The van der Waals surface area contributed by atoms with Gasteiger partial charge in [-0.2, -0.15) is 0 Å². The van der Waals surface area contributed by atoms with Crippen molar-refractivity contribution in [3.8, 4) is 0 Å². The highest BCUT2D eigenvalue weighted by Gasteiger charge is 2.23. The average Bonchev–Trinajstić information content (AvgIpc) is 2.71. The Kier molecular flexibility index (Phi) is 7.30. The number of carbonyl (C=O) groups is 1. The van der Waals surface area contributed by atoms with Gasteiger partial charge < -0.3 is 10.5 Å². The number of nitrogens with two attached hydrogens (primary N) is 1. The van der Waals surface area contributed by atoms with Gasteiger partial charge in [-0.25, -0.2) is 4.98 Å². The van der Waals surface area contributed by atoms with Crippen molar-refractivity contribution in [1.29, 1.82) is 0 Å². The molecule has 0 saturated carbocycles. The molecule has 2 aromatic carbocycles. The zero-order chi connectivity index (χ0) is 20.8. The monoisotopic (exact) mass is 431 g/mol. The Morgan fingerprint density at radius 3 is 2.72 bits per heavy atom. The van der Waals surface area contributed by atoms with E-state index in [0.29, 0.717) is 47.3 Å². The van der Waals surface area contributed by atoms with E-state index in [1.165, 1.54) is 11.8 Å². The van der Waals surface area contributed by atoms with E-state index in [0.717, 1.165) is 5.56 Å². The number of rotatable bonds is 9. The van der Waals surface area contributed by atoms with Crippen LogP contribution in [0, 0.1) is 0 Å². The molecular weight excluding hydrogens is 410 g/mol. The highest BCUT2D eigenvalue weighted by atomic mass is 35.5. The summed E-state index contributed by atoms with van der Waals surface area (Å²) in [4.78, 5) is 29.9. The fraction of sp³-hybridized carbons (Fsp3) is 0.286. The van der Waals surface area contributed by atoms with Gasteiger partial charge in [0.15, 0.2) is 5.16 Å². The van der Waals surface area contributed by atoms with Gasteiger partial charge in [-0.3, -0.25) is 14.2 Å². The van der Waals surface area contributed by atoms with Crippen molar-refractivity contribution >= 4 is 40.2 Å². The van der Waals surface area contributed by atoms with Gasteiger partial charge in [0, 0.05) is 24.8 Å². The number of amides is 1. The third-order valence-electron chi connectivity index (χ3n) is 4.34. The lowest BCUT2D eigenvalue weighted by Gasteiger charge is -2.17. The lowest BCUT2D eigenvalue weighted by molar-refractivity contribution is -0.117. The van der Waals surface area contributed by atoms with Crippen LogP contribution >= 0.6 is 23.4 Å². The number of benzene rings is 2. The summed E-state index contributed by atoms with van der Waals surface area (Å²) in [5.41, 5.74) is 6.73. The Morgan fingerprint density at radius 1 is 1.28 bits per heavy atom. The summed E-state index contributed by atoms with van der Waals surface area (Å²) in [6.45, 7) is 3.49. The number of primary amides is 1. The highest BCUT2D eigenvalue weighted by molar-refractivity contribution is 8.00. The molecule has 0 aliphatic rings. The molecule has 0 saturated heterocycles. The Morgan fingerprint density at radius 2 is 2.03 bits per heavy atom. The van der Waals surface area contributed by atoms with Crippen molar-refractivity contribution in [3.05, 3.63) is 69.5 Å². The number of ether oxygens (including phenoxy) is 1. The van der Waals surface area contributed by atoms with Crippen LogP contribution in [-0.4, -0.2) is 28.7 Å². The maximum Gasteiger partial charge on any atom is 0.262 e. The molecule has 0 spiro atoms. The van der Waals surface area contributed by atoms with Crippen LogP contribution < -0.4 is 11.3 Å². The summed E-state index contributed by atoms with van der Waals surface area (Å²) < 4.78 is 6.97. The molecule has 29 heavy (non-hydrogen) atoms. The maximum atomic E-state index is 13.1. The summed E-state index contributed by atoms with van der Waals surface area (Å²) >= 11 is 7.26. The van der Waals surface area contributed by atoms with Crippen LogP contribution in [0.5, 0.6) is 0 Å². The maximum absolute atomic E-state index is 13.1. The fourth-order valence-corrected chi connectivity index (χ4v) is 4.19. The van der Waals surface area contributed by atoms with Crippen LogP contribution in [0.25, 0.3) is 10.9 Å². The van der Waals surface area contributed by atoms with E-state index >= 15 is 0 Å². The average molecular weight is 432 g/mol. The molecule has 6 nitrogen and oxygen atoms in total. The quantitative estimate of drug-likeness (QED) is 0.316. The van der Waals surface area contributed by atoms with Gasteiger partial charge >= 0.3 is 0 Å². The van der Waals surface area contributed by atoms with Crippen LogP contribution in [-0.2, 0) is 16.1 Å². The summed E-state index contributed by atoms with van der Waals surface area (Å²) in [7, 11) is 0. The topological polar surface area (TPSA) is 87.2 Å². The second kappa shape index (κ2) is 9.91. The minimum Gasteiger partial charge on any atom is -0.382 e. The summed E-state index contributed by atoms with van der Waals surface area (Å²) in [6, 6.07) is 14.2. The standard InChI is InChI=1S/C21H22ClN3O3S/c1-2-28-12-6-11-25-20(27)16-10-9-15(22)13-17(16)24-21(25)29-18(19(23)26)14-7-4-3-5-8-14/h3-5,7-10,13,18H,2,6,11-12H2,1H3,(H2,23,26). The van der Waals surface area contributed by atoms with E-state index in [1.54, 1.807) is 22.8 Å². The molecule has 1 amide bonds. The number of hydrogen-bond donors (Lipinski definition) is 1. The zero-order valence-corrected chi connectivity index (χ0v) is 17.6. The third-order valence-corrected chi connectivity index (χ3v) is 5.84. The smallest absolute Gasteiger partial charge is 0.262 e. The van der Waals surface area contributed by atoms with Gasteiger partial charge in [0.1, 0.15) is 5.25 Å². The summed E-state index contributed by atoms with van der Waals surface area (Å²) in [5.74, 6) is -0.498. The normalized spacial score (nSPS) is 12.2. The number of thioether (sulfide) groups is 1. The van der Waals surface area contributed by atoms with Gasteiger partial charge in [0.25, 0.3) is 5.56 Å². The van der Waals surface area contributed by atoms with Gasteiger partial charge in [-0.05, 0) is 37.1 Å². The lowest BCUT2D eigenvalue weighted by Crippen LogP contribution is -2.26. The Labute approximate surface area is 178 Å².